The Morgan fingerprint density at radius 2 is 1.96 bits per heavy atom. The molecule has 0 spiro atoms. The Hall–Kier alpha value is -2.30. The molecular weight excluding hydrogens is 371 g/mol. The van der Waals surface area contributed by atoms with Gasteiger partial charge in [-0.3, -0.25) is 9.78 Å². The maximum Gasteiger partial charge on any atom is 0.224 e. The van der Waals surface area contributed by atoms with Crippen molar-refractivity contribution in [1.82, 2.24) is 10.3 Å². The summed E-state index contributed by atoms with van der Waals surface area (Å²) < 4.78 is 5.80. The second-order valence-corrected chi connectivity index (χ2v) is 6.64. The molecule has 1 aromatic heterocycles. The molecule has 1 N–H and O–H groups in total. The lowest BCUT2D eigenvalue weighted by Crippen LogP contribution is -2.27. The van der Waals surface area contributed by atoms with Gasteiger partial charge in [0, 0.05) is 28.2 Å². The highest BCUT2D eigenvalue weighted by Gasteiger charge is 2.07. The summed E-state index contributed by atoms with van der Waals surface area (Å²) in [5, 5.41) is 4.96. The number of fused-ring (bicyclic) bond motifs is 1. The fourth-order valence-corrected chi connectivity index (χ4v) is 3.05. The Balaban J connectivity index is 1.43. The van der Waals surface area contributed by atoms with E-state index < -0.39 is 0 Å². The molecule has 3 aromatic rings. The summed E-state index contributed by atoms with van der Waals surface area (Å²) in [5.74, 6) is 0.670. The molecule has 0 atom stereocenters. The number of nitrogens with one attached hydrogen (secondary N) is 1. The van der Waals surface area contributed by atoms with Crippen LogP contribution in [0.1, 0.15) is 12.0 Å². The van der Waals surface area contributed by atoms with Gasteiger partial charge < -0.3 is 10.1 Å². The molecular formula is C20H18Cl2N2O2. The van der Waals surface area contributed by atoms with E-state index in [1.165, 1.54) is 0 Å². The van der Waals surface area contributed by atoms with E-state index in [1.54, 1.807) is 24.4 Å². The normalized spacial score (nSPS) is 10.7. The van der Waals surface area contributed by atoms with Gasteiger partial charge in [0.25, 0.3) is 0 Å². The van der Waals surface area contributed by atoms with Crippen LogP contribution in [0.3, 0.4) is 0 Å². The van der Waals surface area contributed by atoms with E-state index in [2.05, 4.69) is 10.3 Å². The number of carbonyl (C=O) groups excluding carboxylic acids is 1. The van der Waals surface area contributed by atoms with Crippen molar-refractivity contribution < 1.29 is 9.53 Å². The molecule has 1 heterocycles. The molecule has 134 valence electrons. The third kappa shape index (κ3) is 4.87. The van der Waals surface area contributed by atoms with Crippen LogP contribution in [-0.2, 0) is 11.2 Å². The minimum Gasteiger partial charge on any atom is -0.491 e. The number of hydrogen-bond acceptors (Lipinski definition) is 3. The van der Waals surface area contributed by atoms with Crippen molar-refractivity contribution in [3.05, 3.63) is 70.3 Å². The molecule has 2 aromatic carbocycles. The number of aromatic nitrogens is 1. The molecule has 0 aliphatic heterocycles. The largest absolute Gasteiger partial charge is 0.491 e. The number of carbonyl (C=O) groups is 1. The first kappa shape index (κ1) is 18.5. The third-order valence-electron chi connectivity index (χ3n) is 3.86. The van der Waals surface area contributed by atoms with Crippen molar-refractivity contribution >= 4 is 40.0 Å². The molecule has 0 saturated heterocycles. The van der Waals surface area contributed by atoms with Crippen LogP contribution in [0.15, 0.2) is 54.7 Å². The zero-order valence-corrected chi connectivity index (χ0v) is 15.6. The number of pyridine rings is 1. The number of benzene rings is 2. The van der Waals surface area contributed by atoms with Crippen LogP contribution in [0.25, 0.3) is 10.9 Å². The van der Waals surface area contributed by atoms with Crippen LogP contribution in [0, 0.1) is 0 Å². The maximum absolute atomic E-state index is 12.0. The van der Waals surface area contributed by atoms with Crippen LogP contribution >= 0.6 is 23.2 Å². The number of amides is 1. The van der Waals surface area contributed by atoms with Gasteiger partial charge in [0.15, 0.2) is 0 Å². The van der Waals surface area contributed by atoms with Crippen LogP contribution in [0.5, 0.6) is 5.75 Å². The fraction of sp³-hybridized carbons (Fsp3) is 0.200. The topological polar surface area (TPSA) is 51.2 Å². The van der Waals surface area contributed by atoms with Gasteiger partial charge in [-0.25, -0.2) is 0 Å². The summed E-state index contributed by atoms with van der Waals surface area (Å²) in [6, 6.07) is 14.9. The SMILES string of the molecule is O=C(Cc1ccc(Cl)cc1Cl)NCCCOc1cccc2cccnc12. The average molecular weight is 389 g/mol. The van der Waals surface area contributed by atoms with E-state index in [4.69, 9.17) is 27.9 Å². The highest BCUT2D eigenvalue weighted by molar-refractivity contribution is 6.35. The fourth-order valence-electron chi connectivity index (χ4n) is 2.58. The van der Waals surface area contributed by atoms with Gasteiger partial charge in [-0.2, -0.15) is 0 Å². The molecule has 0 bridgehead atoms. The van der Waals surface area contributed by atoms with E-state index in [1.807, 2.05) is 30.3 Å². The van der Waals surface area contributed by atoms with E-state index in [0.29, 0.717) is 29.6 Å². The Morgan fingerprint density at radius 3 is 2.81 bits per heavy atom. The lowest BCUT2D eigenvalue weighted by atomic mass is 10.1. The molecule has 0 radical (unpaired) electrons. The molecule has 4 nitrogen and oxygen atoms in total. The molecule has 0 fully saturated rings. The van der Waals surface area contributed by atoms with Gasteiger partial charge >= 0.3 is 0 Å². The smallest absolute Gasteiger partial charge is 0.224 e. The first-order chi connectivity index (χ1) is 12.6. The summed E-state index contributed by atoms with van der Waals surface area (Å²) in [4.78, 5) is 16.4. The number of nitrogens with zero attached hydrogens (tertiary/aromatic N) is 1. The molecule has 0 unspecified atom stereocenters. The van der Waals surface area contributed by atoms with Crippen LogP contribution in [0.2, 0.25) is 10.0 Å². The lowest BCUT2D eigenvalue weighted by Gasteiger charge is -2.10. The molecule has 26 heavy (non-hydrogen) atoms. The van der Waals surface area contributed by atoms with Gasteiger partial charge in [0.2, 0.25) is 5.91 Å². The minimum atomic E-state index is -0.0824. The van der Waals surface area contributed by atoms with Crippen molar-refractivity contribution in [1.29, 1.82) is 0 Å². The summed E-state index contributed by atoms with van der Waals surface area (Å²) in [6.07, 6.45) is 2.67. The second kappa shape index (κ2) is 8.88. The van der Waals surface area contributed by atoms with Crippen LogP contribution in [0.4, 0.5) is 0 Å². The number of para-hydroxylation sites is 1. The zero-order chi connectivity index (χ0) is 18.4. The summed E-state index contributed by atoms with van der Waals surface area (Å²) in [6.45, 7) is 1.03. The number of rotatable bonds is 7. The third-order valence-corrected chi connectivity index (χ3v) is 4.45. The van der Waals surface area contributed by atoms with Crippen LogP contribution in [-0.4, -0.2) is 24.0 Å². The quantitative estimate of drug-likeness (QED) is 0.598. The standard InChI is InChI=1S/C20H18Cl2N2O2/c21-16-8-7-15(17(22)13-16)12-19(25)23-10-3-11-26-18-6-1-4-14-5-2-9-24-20(14)18/h1-2,4-9,13H,3,10-12H2,(H,23,25). The highest BCUT2D eigenvalue weighted by Crippen LogP contribution is 2.23. The van der Waals surface area contributed by atoms with Crippen LogP contribution < -0.4 is 10.1 Å². The molecule has 0 aliphatic rings. The second-order valence-electron chi connectivity index (χ2n) is 5.80. The molecule has 3 rings (SSSR count). The summed E-state index contributed by atoms with van der Waals surface area (Å²) >= 11 is 11.9. The predicted molar refractivity (Wildman–Crippen MR) is 105 cm³/mol. The van der Waals surface area contributed by atoms with Crippen molar-refractivity contribution in [2.45, 2.75) is 12.8 Å². The highest BCUT2D eigenvalue weighted by atomic mass is 35.5. The van der Waals surface area contributed by atoms with Gasteiger partial charge in [-0.1, -0.05) is 47.5 Å². The van der Waals surface area contributed by atoms with Gasteiger partial charge in [-0.15, -0.1) is 0 Å². The number of halogens is 2. The summed E-state index contributed by atoms with van der Waals surface area (Å²) in [5.41, 5.74) is 1.60. The first-order valence-electron chi connectivity index (χ1n) is 8.30. The Kier molecular flexibility index (Phi) is 6.31. The van der Waals surface area contributed by atoms with Crippen molar-refractivity contribution in [2.24, 2.45) is 0 Å². The van der Waals surface area contributed by atoms with E-state index >= 15 is 0 Å². The molecule has 6 heteroatoms. The zero-order valence-electron chi connectivity index (χ0n) is 14.0. The molecule has 0 aliphatic carbocycles. The predicted octanol–water partition coefficient (Wildman–Crippen LogP) is 4.67. The summed E-state index contributed by atoms with van der Waals surface area (Å²) in [7, 11) is 0. The Bertz CT molecular complexity index is 910. The van der Waals surface area contributed by atoms with E-state index in [9.17, 15) is 4.79 Å². The van der Waals surface area contributed by atoms with Gasteiger partial charge in [-0.05, 0) is 36.2 Å². The molecule has 0 saturated carbocycles. The Morgan fingerprint density at radius 1 is 1.12 bits per heavy atom. The molecule has 1 amide bonds. The van der Waals surface area contributed by atoms with E-state index in [-0.39, 0.29) is 12.3 Å². The Labute approximate surface area is 162 Å². The first-order valence-corrected chi connectivity index (χ1v) is 9.06. The minimum absolute atomic E-state index is 0.0824. The van der Waals surface area contributed by atoms with Crippen molar-refractivity contribution in [2.75, 3.05) is 13.2 Å². The van der Waals surface area contributed by atoms with Gasteiger partial charge in [0.05, 0.1) is 13.0 Å². The van der Waals surface area contributed by atoms with Crippen molar-refractivity contribution in [3.63, 3.8) is 0 Å². The number of hydrogen-bond donors (Lipinski definition) is 1. The van der Waals surface area contributed by atoms with Crippen molar-refractivity contribution in [3.8, 4) is 5.75 Å². The van der Waals surface area contributed by atoms with Gasteiger partial charge in [0.1, 0.15) is 11.3 Å². The average Bonchev–Trinajstić information content (AvgIpc) is 2.64. The number of ether oxygens (including phenoxy) is 1. The van der Waals surface area contributed by atoms with E-state index in [0.717, 1.165) is 22.2 Å². The lowest BCUT2D eigenvalue weighted by molar-refractivity contribution is -0.120. The monoisotopic (exact) mass is 388 g/mol. The maximum atomic E-state index is 12.0.